The van der Waals surface area contributed by atoms with Gasteiger partial charge in [-0.05, 0) is 24.0 Å². The van der Waals surface area contributed by atoms with Gasteiger partial charge in [-0.15, -0.1) is 11.3 Å². The van der Waals surface area contributed by atoms with E-state index in [1.807, 2.05) is 6.92 Å². The fraction of sp³-hybridized carbons (Fsp3) is 0.353. The molecule has 1 unspecified atom stereocenters. The molecule has 2 heterocycles. The summed E-state index contributed by atoms with van der Waals surface area (Å²) in [5.74, 6) is 0.562. The quantitative estimate of drug-likeness (QED) is 0.789. The molecule has 4 heteroatoms. The van der Waals surface area contributed by atoms with E-state index in [4.69, 9.17) is 5.73 Å². The highest BCUT2D eigenvalue weighted by Crippen LogP contribution is 2.28. The van der Waals surface area contributed by atoms with Crippen LogP contribution < -0.4 is 5.73 Å². The molecular formula is C17H21N3S. The zero-order chi connectivity index (χ0) is 15.0. The molecule has 2 aromatic heterocycles. The second-order valence-electron chi connectivity index (χ2n) is 5.96. The van der Waals surface area contributed by atoms with Crippen LogP contribution in [0, 0.1) is 0 Å². The SMILES string of the molecule is CC(N)Cc1cn2c(-c3ccc(C(C)C)cc3)csc2n1. The smallest absolute Gasteiger partial charge is 0.194 e. The van der Waals surface area contributed by atoms with Crippen LogP contribution in [0.25, 0.3) is 16.2 Å². The molecular weight excluding hydrogens is 278 g/mol. The number of hydrogen-bond acceptors (Lipinski definition) is 3. The van der Waals surface area contributed by atoms with Gasteiger partial charge in [-0.3, -0.25) is 4.40 Å². The Morgan fingerprint density at radius 1 is 1.19 bits per heavy atom. The minimum Gasteiger partial charge on any atom is -0.328 e. The molecule has 21 heavy (non-hydrogen) atoms. The fourth-order valence-electron chi connectivity index (χ4n) is 2.50. The monoisotopic (exact) mass is 299 g/mol. The topological polar surface area (TPSA) is 43.3 Å². The maximum absolute atomic E-state index is 5.86. The summed E-state index contributed by atoms with van der Waals surface area (Å²) in [6.07, 6.45) is 2.93. The first-order valence-electron chi connectivity index (χ1n) is 7.36. The zero-order valence-corrected chi connectivity index (χ0v) is 13.5. The number of nitrogens with zero attached hydrogens (tertiary/aromatic N) is 2. The molecule has 0 radical (unpaired) electrons. The second-order valence-corrected chi connectivity index (χ2v) is 6.80. The predicted octanol–water partition coefficient (Wildman–Crippen LogP) is 4.08. The summed E-state index contributed by atoms with van der Waals surface area (Å²) in [5, 5.41) is 2.17. The lowest BCUT2D eigenvalue weighted by molar-refractivity contribution is 0.726. The average molecular weight is 299 g/mol. The summed E-state index contributed by atoms with van der Waals surface area (Å²) in [4.78, 5) is 5.68. The first-order valence-corrected chi connectivity index (χ1v) is 8.24. The maximum atomic E-state index is 5.86. The largest absolute Gasteiger partial charge is 0.328 e. The third-order valence-electron chi connectivity index (χ3n) is 3.66. The van der Waals surface area contributed by atoms with Crippen molar-refractivity contribution in [3.63, 3.8) is 0 Å². The molecule has 0 saturated heterocycles. The second kappa shape index (κ2) is 5.62. The fourth-order valence-corrected chi connectivity index (χ4v) is 3.41. The van der Waals surface area contributed by atoms with E-state index >= 15 is 0 Å². The number of nitrogens with two attached hydrogens (primary N) is 1. The third kappa shape index (κ3) is 2.87. The first kappa shape index (κ1) is 14.3. The van der Waals surface area contributed by atoms with Crippen molar-refractivity contribution >= 4 is 16.3 Å². The highest BCUT2D eigenvalue weighted by Gasteiger charge is 2.11. The predicted molar refractivity (Wildman–Crippen MR) is 89.9 cm³/mol. The minimum atomic E-state index is 0.142. The molecule has 0 aliphatic rings. The van der Waals surface area contributed by atoms with E-state index in [0.717, 1.165) is 17.1 Å². The van der Waals surface area contributed by atoms with Crippen molar-refractivity contribution in [2.24, 2.45) is 5.73 Å². The van der Waals surface area contributed by atoms with Crippen molar-refractivity contribution in [3.8, 4) is 11.3 Å². The summed E-state index contributed by atoms with van der Waals surface area (Å²) < 4.78 is 2.17. The molecule has 0 spiro atoms. The van der Waals surface area contributed by atoms with E-state index < -0.39 is 0 Å². The Hall–Kier alpha value is -1.65. The van der Waals surface area contributed by atoms with Gasteiger partial charge in [0.1, 0.15) is 0 Å². The number of rotatable bonds is 4. The van der Waals surface area contributed by atoms with Crippen molar-refractivity contribution in [1.82, 2.24) is 9.38 Å². The molecule has 0 saturated carbocycles. The van der Waals surface area contributed by atoms with Gasteiger partial charge in [0.05, 0.1) is 11.4 Å². The van der Waals surface area contributed by atoms with E-state index in [9.17, 15) is 0 Å². The van der Waals surface area contributed by atoms with Crippen molar-refractivity contribution < 1.29 is 0 Å². The van der Waals surface area contributed by atoms with Crippen molar-refractivity contribution in [1.29, 1.82) is 0 Å². The van der Waals surface area contributed by atoms with Gasteiger partial charge in [-0.2, -0.15) is 0 Å². The normalized spacial score (nSPS) is 13.2. The summed E-state index contributed by atoms with van der Waals surface area (Å²) >= 11 is 1.68. The van der Waals surface area contributed by atoms with Gasteiger partial charge in [0.15, 0.2) is 4.96 Å². The van der Waals surface area contributed by atoms with Crippen LogP contribution in [0.3, 0.4) is 0 Å². The van der Waals surface area contributed by atoms with Gasteiger partial charge in [0.25, 0.3) is 0 Å². The number of hydrogen-bond donors (Lipinski definition) is 1. The van der Waals surface area contributed by atoms with Gasteiger partial charge in [0, 0.05) is 24.0 Å². The van der Waals surface area contributed by atoms with Gasteiger partial charge in [-0.25, -0.2) is 4.98 Å². The van der Waals surface area contributed by atoms with E-state index in [0.29, 0.717) is 5.92 Å². The lowest BCUT2D eigenvalue weighted by atomic mass is 10.0. The van der Waals surface area contributed by atoms with E-state index in [2.05, 4.69) is 59.1 Å². The highest BCUT2D eigenvalue weighted by atomic mass is 32.1. The lowest BCUT2D eigenvalue weighted by Crippen LogP contribution is -2.17. The Balaban J connectivity index is 1.97. The van der Waals surface area contributed by atoms with Crippen LogP contribution in [0.1, 0.15) is 37.9 Å². The van der Waals surface area contributed by atoms with Gasteiger partial charge >= 0.3 is 0 Å². The van der Waals surface area contributed by atoms with Crippen LogP contribution in [-0.2, 0) is 6.42 Å². The van der Waals surface area contributed by atoms with Gasteiger partial charge in [0.2, 0.25) is 0 Å². The molecule has 110 valence electrons. The third-order valence-corrected chi connectivity index (χ3v) is 4.50. The summed E-state index contributed by atoms with van der Waals surface area (Å²) in [5.41, 5.74) is 10.7. The first-order chi connectivity index (χ1) is 10.0. The molecule has 2 N–H and O–H groups in total. The van der Waals surface area contributed by atoms with Crippen molar-refractivity contribution in [2.75, 3.05) is 0 Å². The van der Waals surface area contributed by atoms with Crippen LogP contribution in [0.4, 0.5) is 0 Å². The minimum absolute atomic E-state index is 0.142. The lowest BCUT2D eigenvalue weighted by Gasteiger charge is -2.06. The Kier molecular flexibility index (Phi) is 3.83. The van der Waals surface area contributed by atoms with Crippen molar-refractivity contribution in [3.05, 3.63) is 47.1 Å². The van der Waals surface area contributed by atoms with Crippen LogP contribution >= 0.6 is 11.3 Å². The molecule has 0 fully saturated rings. The number of thiazole rings is 1. The van der Waals surface area contributed by atoms with E-state index in [-0.39, 0.29) is 6.04 Å². The number of aromatic nitrogens is 2. The van der Waals surface area contributed by atoms with Crippen LogP contribution in [0.5, 0.6) is 0 Å². The summed E-state index contributed by atoms with van der Waals surface area (Å²) in [7, 11) is 0. The van der Waals surface area contributed by atoms with Crippen LogP contribution in [0.15, 0.2) is 35.8 Å². The molecule has 3 rings (SSSR count). The molecule has 0 bridgehead atoms. The van der Waals surface area contributed by atoms with Gasteiger partial charge in [-0.1, -0.05) is 38.1 Å². The molecule has 0 aliphatic heterocycles. The number of fused-ring (bicyclic) bond motifs is 1. The number of imidazole rings is 1. The van der Waals surface area contributed by atoms with Crippen molar-refractivity contribution in [2.45, 2.75) is 39.2 Å². The summed E-state index contributed by atoms with van der Waals surface area (Å²) in [6, 6.07) is 8.96. The summed E-state index contributed by atoms with van der Waals surface area (Å²) in [6.45, 7) is 6.45. The Labute approximate surface area is 129 Å². The molecule has 0 amide bonds. The molecule has 1 aromatic carbocycles. The molecule has 0 aliphatic carbocycles. The molecule has 3 aromatic rings. The van der Waals surface area contributed by atoms with Gasteiger partial charge < -0.3 is 5.73 Å². The van der Waals surface area contributed by atoms with Crippen LogP contribution in [0.2, 0.25) is 0 Å². The van der Waals surface area contributed by atoms with E-state index in [1.54, 1.807) is 11.3 Å². The zero-order valence-electron chi connectivity index (χ0n) is 12.7. The molecule has 3 nitrogen and oxygen atoms in total. The average Bonchev–Trinajstić information content (AvgIpc) is 2.97. The maximum Gasteiger partial charge on any atom is 0.194 e. The van der Waals surface area contributed by atoms with Crippen LogP contribution in [-0.4, -0.2) is 15.4 Å². The standard InChI is InChI=1S/C17H21N3S/c1-11(2)13-4-6-14(7-5-13)16-10-21-17-19-15(8-12(3)18)9-20(16)17/h4-7,9-12H,8,18H2,1-3H3. The Morgan fingerprint density at radius 2 is 1.90 bits per heavy atom. The highest BCUT2D eigenvalue weighted by molar-refractivity contribution is 7.15. The molecule has 1 atom stereocenters. The number of benzene rings is 1. The Bertz CT molecular complexity index is 735. The van der Waals surface area contributed by atoms with E-state index in [1.165, 1.54) is 16.8 Å². The Morgan fingerprint density at radius 3 is 2.52 bits per heavy atom.